The second-order valence-corrected chi connectivity index (χ2v) is 6.16. The number of nitrogens with two attached hydrogens (primary N) is 1. The standard InChI is InChI=1S/C11H16N3O5P/c12-10-5-6-14(11(15)13-10)8-1-3-9(4-2-8)19-7-20(16,17)18/h1,3,5-6,8-9H,2,4,7H2,(H2,12,13,15)(H2,16,17,18)/t8-,9+/m1/s1. The van der Waals surface area contributed by atoms with Crippen molar-refractivity contribution in [3.05, 3.63) is 34.9 Å². The molecule has 9 heteroatoms. The van der Waals surface area contributed by atoms with Gasteiger partial charge in [0.15, 0.2) is 0 Å². The smallest absolute Gasteiger partial charge is 0.351 e. The highest BCUT2D eigenvalue weighted by Crippen LogP contribution is 2.35. The van der Waals surface area contributed by atoms with Crippen LogP contribution in [0, 0.1) is 0 Å². The summed E-state index contributed by atoms with van der Waals surface area (Å²) in [5.74, 6) is 0.175. The molecule has 4 N–H and O–H groups in total. The number of ether oxygens (including phenoxy) is 1. The Morgan fingerprint density at radius 2 is 2.20 bits per heavy atom. The van der Waals surface area contributed by atoms with Crippen LogP contribution in [0.15, 0.2) is 29.2 Å². The van der Waals surface area contributed by atoms with Crippen LogP contribution in [0.5, 0.6) is 0 Å². The van der Waals surface area contributed by atoms with Gasteiger partial charge in [-0.15, -0.1) is 0 Å². The van der Waals surface area contributed by atoms with Gasteiger partial charge in [0.2, 0.25) is 0 Å². The molecular weight excluding hydrogens is 285 g/mol. The summed E-state index contributed by atoms with van der Waals surface area (Å²) >= 11 is 0. The molecule has 1 aliphatic rings. The lowest BCUT2D eigenvalue weighted by Crippen LogP contribution is -2.29. The monoisotopic (exact) mass is 301 g/mol. The predicted octanol–water partition coefficient (Wildman–Crippen LogP) is 0.237. The molecule has 2 rings (SSSR count). The largest absolute Gasteiger partial charge is 0.383 e. The molecule has 0 radical (unpaired) electrons. The average Bonchev–Trinajstić information content (AvgIpc) is 2.36. The van der Waals surface area contributed by atoms with Gasteiger partial charge < -0.3 is 20.3 Å². The molecule has 1 heterocycles. The van der Waals surface area contributed by atoms with E-state index in [2.05, 4.69) is 4.98 Å². The summed E-state index contributed by atoms with van der Waals surface area (Å²) < 4.78 is 17.3. The van der Waals surface area contributed by atoms with Crippen LogP contribution in [0.1, 0.15) is 18.9 Å². The minimum atomic E-state index is -4.15. The molecule has 0 fully saturated rings. The van der Waals surface area contributed by atoms with Gasteiger partial charge >= 0.3 is 13.3 Å². The van der Waals surface area contributed by atoms with Crippen LogP contribution < -0.4 is 11.4 Å². The molecule has 1 aromatic rings. The first kappa shape index (κ1) is 14.9. The third kappa shape index (κ3) is 4.01. The van der Waals surface area contributed by atoms with E-state index in [1.54, 1.807) is 24.4 Å². The fraction of sp³-hybridized carbons (Fsp3) is 0.455. The summed E-state index contributed by atoms with van der Waals surface area (Å²) in [6.07, 6.45) is 5.29. The molecule has 0 spiro atoms. The fourth-order valence-corrected chi connectivity index (χ4v) is 2.41. The first-order valence-electron chi connectivity index (χ1n) is 6.04. The molecule has 1 aliphatic carbocycles. The molecule has 2 atom stereocenters. The minimum absolute atomic E-state index is 0.148. The van der Waals surface area contributed by atoms with Crippen molar-refractivity contribution in [2.75, 3.05) is 12.1 Å². The van der Waals surface area contributed by atoms with Crippen molar-refractivity contribution >= 4 is 13.4 Å². The van der Waals surface area contributed by atoms with Crippen molar-refractivity contribution in [2.45, 2.75) is 25.0 Å². The van der Waals surface area contributed by atoms with Crippen LogP contribution >= 0.6 is 7.60 Å². The van der Waals surface area contributed by atoms with Gasteiger partial charge in [0, 0.05) is 6.20 Å². The van der Waals surface area contributed by atoms with Gasteiger partial charge in [0.05, 0.1) is 12.1 Å². The van der Waals surface area contributed by atoms with Gasteiger partial charge in [0.1, 0.15) is 12.2 Å². The first-order chi connectivity index (χ1) is 9.35. The average molecular weight is 301 g/mol. The van der Waals surface area contributed by atoms with Crippen molar-refractivity contribution in [1.29, 1.82) is 0 Å². The maximum absolute atomic E-state index is 11.7. The van der Waals surface area contributed by atoms with E-state index in [1.165, 1.54) is 4.57 Å². The Morgan fingerprint density at radius 3 is 2.75 bits per heavy atom. The van der Waals surface area contributed by atoms with E-state index in [1.807, 2.05) is 0 Å². The Bertz CT molecular complexity index is 608. The predicted molar refractivity (Wildman–Crippen MR) is 72.1 cm³/mol. The number of hydrogen-bond acceptors (Lipinski definition) is 5. The van der Waals surface area contributed by atoms with E-state index in [0.717, 1.165) is 0 Å². The van der Waals surface area contributed by atoms with Crippen LogP contribution in [-0.2, 0) is 9.30 Å². The summed E-state index contributed by atoms with van der Waals surface area (Å²) in [6, 6.07) is 1.40. The number of hydrogen-bond donors (Lipinski definition) is 3. The van der Waals surface area contributed by atoms with E-state index in [9.17, 15) is 9.36 Å². The third-order valence-electron chi connectivity index (χ3n) is 2.96. The topological polar surface area (TPSA) is 128 Å². The van der Waals surface area contributed by atoms with Crippen molar-refractivity contribution < 1.29 is 19.1 Å². The quantitative estimate of drug-likeness (QED) is 0.536. The van der Waals surface area contributed by atoms with E-state index >= 15 is 0 Å². The zero-order chi connectivity index (χ0) is 14.8. The second kappa shape index (κ2) is 5.88. The lowest BCUT2D eigenvalue weighted by Gasteiger charge is -2.24. The maximum Gasteiger partial charge on any atom is 0.351 e. The Kier molecular flexibility index (Phi) is 4.39. The van der Waals surface area contributed by atoms with Crippen LogP contribution in [0.25, 0.3) is 0 Å². The summed E-state index contributed by atoms with van der Waals surface area (Å²) in [7, 11) is -4.15. The minimum Gasteiger partial charge on any atom is -0.383 e. The molecule has 0 unspecified atom stereocenters. The second-order valence-electron chi connectivity index (χ2n) is 4.57. The number of aromatic nitrogens is 2. The Morgan fingerprint density at radius 1 is 1.45 bits per heavy atom. The Labute approximate surface area is 115 Å². The van der Waals surface area contributed by atoms with Crippen molar-refractivity contribution in [3.63, 3.8) is 0 Å². The van der Waals surface area contributed by atoms with Crippen molar-refractivity contribution in [1.82, 2.24) is 9.55 Å². The molecule has 0 bridgehead atoms. The Balaban J connectivity index is 2.02. The normalized spacial score (nSPS) is 22.9. The highest BCUT2D eigenvalue weighted by atomic mass is 31.2. The Hall–Kier alpha value is -1.47. The van der Waals surface area contributed by atoms with E-state index in [4.69, 9.17) is 20.3 Å². The number of allylic oxidation sites excluding steroid dienone is 1. The molecular formula is C11H16N3O5P. The first-order valence-corrected chi connectivity index (χ1v) is 7.84. The van der Waals surface area contributed by atoms with Gasteiger partial charge in [-0.25, -0.2) is 4.79 Å². The van der Waals surface area contributed by atoms with E-state index in [-0.39, 0.29) is 18.0 Å². The molecule has 1 aromatic heterocycles. The molecule has 110 valence electrons. The van der Waals surface area contributed by atoms with Gasteiger partial charge in [-0.3, -0.25) is 9.13 Å². The van der Waals surface area contributed by atoms with E-state index in [0.29, 0.717) is 12.8 Å². The van der Waals surface area contributed by atoms with Gasteiger partial charge in [-0.1, -0.05) is 12.2 Å². The SMILES string of the molecule is Nc1ccn([C@@H]2C=C[C@H](OCP(=O)(O)O)CC2)c(=O)n1. The van der Waals surface area contributed by atoms with Crippen molar-refractivity contribution in [3.8, 4) is 0 Å². The van der Waals surface area contributed by atoms with Crippen LogP contribution in [-0.4, -0.2) is 31.8 Å². The molecule has 0 aromatic carbocycles. The van der Waals surface area contributed by atoms with Crippen LogP contribution in [0.2, 0.25) is 0 Å². The number of anilines is 1. The number of rotatable bonds is 4. The van der Waals surface area contributed by atoms with E-state index < -0.39 is 19.6 Å². The zero-order valence-corrected chi connectivity index (χ0v) is 11.5. The molecule has 20 heavy (non-hydrogen) atoms. The van der Waals surface area contributed by atoms with Gasteiger partial charge in [0.25, 0.3) is 0 Å². The molecule has 0 amide bonds. The lowest BCUT2D eigenvalue weighted by molar-refractivity contribution is 0.0934. The van der Waals surface area contributed by atoms with Crippen molar-refractivity contribution in [2.24, 2.45) is 0 Å². The highest BCUT2D eigenvalue weighted by molar-refractivity contribution is 7.51. The third-order valence-corrected chi connectivity index (χ3v) is 3.45. The van der Waals surface area contributed by atoms with Gasteiger partial charge in [-0.05, 0) is 18.9 Å². The molecule has 0 aliphatic heterocycles. The summed E-state index contributed by atoms with van der Waals surface area (Å²) in [6.45, 7) is 0. The molecule has 8 nitrogen and oxygen atoms in total. The van der Waals surface area contributed by atoms with Crippen LogP contribution in [0.3, 0.4) is 0 Å². The molecule has 0 saturated carbocycles. The number of nitrogen functional groups attached to an aromatic ring is 1. The summed E-state index contributed by atoms with van der Waals surface area (Å²) in [4.78, 5) is 32.8. The fourth-order valence-electron chi connectivity index (χ4n) is 2.02. The van der Waals surface area contributed by atoms with Crippen LogP contribution in [0.4, 0.5) is 5.82 Å². The van der Waals surface area contributed by atoms with Gasteiger partial charge in [-0.2, -0.15) is 4.98 Å². The maximum atomic E-state index is 11.7. The summed E-state index contributed by atoms with van der Waals surface area (Å²) in [5.41, 5.74) is 5.00. The zero-order valence-electron chi connectivity index (χ0n) is 10.6. The lowest BCUT2D eigenvalue weighted by atomic mass is 10.0. The summed E-state index contributed by atoms with van der Waals surface area (Å²) in [5, 5.41) is 0. The molecule has 0 saturated heterocycles. The number of nitrogens with zero attached hydrogens (tertiary/aromatic N) is 2. The highest BCUT2D eigenvalue weighted by Gasteiger charge is 2.21.